The molecule has 2 heterocycles. The molecule has 1 aromatic heterocycles. The van der Waals surface area contributed by atoms with Crippen LogP contribution in [0.3, 0.4) is 0 Å². The highest BCUT2D eigenvalue weighted by atomic mass is 35.5. The van der Waals surface area contributed by atoms with E-state index in [4.69, 9.17) is 23.2 Å². The summed E-state index contributed by atoms with van der Waals surface area (Å²) >= 11 is 12.4. The van der Waals surface area contributed by atoms with Crippen LogP contribution in [-0.2, 0) is 12.8 Å². The minimum Gasteiger partial charge on any atom is -0.332 e. The maximum Gasteiger partial charge on any atom is 0.274 e. The largest absolute Gasteiger partial charge is 0.332 e. The highest BCUT2D eigenvalue weighted by Gasteiger charge is 2.32. The van der Waals surface area contributed by atoms with E-state index < -0.39 is 0 Å². The first-order chi connectivity index (χ1) is 12.1. The fourth-order valence-corrected chi connectivity index (χ4v) is 4.23. The Labute approximate surface area is 156 Å². The third kappa shape index (κ3) is 2.94. The van der Waals surface area contributed by atoms with Crippen LogP contribution in [0.25, 0.3) is 5.69 Å². The third-order valence-electron chi connectivity index (χ3n) is 5.03. The zero-order valence-corrected chi connectivity index (χ0v) is 15.6. The lowest BCUT2D eigenvalue weighted by Gasteiger charge is -2.33. The molecule has 1 atom stereocenters. The number of fused-ring (bicyclic) bond motifs is 1. The maximum atomic E-state index is 13.1. The van der Waals surface area contributed by atoms with Gasteiger partial charge in [0.2, 0.25) is 0 Å². The van der Waals surface area contributed by atoms with Crippen molar-refractivity contribution in [3.05, 3.63) is 45.2 Å². The van der Waals surface area contributed by atoms with Crippen molar-refractivity contribution in [3.8, 4) is 5.69 Å². The van der Waals surface area contributed by atoms with Gasteiger partial charge in [-0.3, -0.25) is 4.79 Å². The number of aromatic nitrogens is 2. The molecule has 0 spiro atoms. The van der Waals surface area contributed by atoms with Gasteiger partial charge in [0.25, 0.3) is 5.91 Å². The number of nitrogens with one attached hydrogen (secondary N) is 1. The van der Waals surface area contributed by atoms with Crippen molar-refractivity contribution in [1.82, 2.24) is 20.0 Å². The zero-order valence-electron chi connectivity index (χ0n) is 14.1. The maximum absolute atomic E-state index is 13.1. The molecule has 0 bridgehead atoms. The second kappa shape index (κ2) is 6.63. The number of halogens is 2. The van der Waals surface area contributed by atoms with E-state index in [-0.39, 0.29) is 11.9 Å². The van der Waals surface area contributed by atoms with E-state index in [0.717, 1.165) is 49.3 Å². The van der Waals surface area contributed by atoms with Gasteiger partial charge in [-0.05, 0) is 44.4 Å². The fourth-order valence-electron chi connectivity index (χ4n) is 3.74. The third-order valence-corrected chi connectivity index (χ3v) is 5.57. The Morgan fingerprint density at radius 2 is 2.16 bits per heavy atom. The second-order valence-corrected chi connectivity index (χ2v) is 7.53. The topological polar surface area (TPSA) is 50.2 Å². The Morgan fingerprint density at radius 3 is 2.92 bits per heavy atom. The molecule has 1 amide bonds. The molecule has 2 aliphatic rings. The molecule has 7 heteroatoms. The summed E-state index contributed by atoms with van der Waals surface area (Å²) in [4.78, 5) is 15.0. The quantitative estimate of drug-likeness (QED) is 0.873. The average Bonchev–Trinajstić information content (AvgIpc) is 3.18. The van der Waals surface area contributed by atoms with Crippen LogP contribution in [-0.4, -0.2) is 46.3 Å². The van der Waals surface area contributed by atoms with Crippen molar-refractivity contribution in [1.29, 1.82) is 0 Å². The van der Waals surface area contributed by atoms with E-state index >= 15 is 0 Å². The minimum absolute atomic E-state index is 0.0241. The smallest absolute Gasteiger partial charge is 0.274 e. The van der Waals surface area contributed by atoms with Crippen molar-refractivity contribution < 1.29 is 4.79 Å². The molecular weight excluding hydrogens is 359 g/mol. The molecule has 1 aliphatic carbocycles. The van der Waals surface area contributed by atoms with Gasteiger partial charge in [0.15, 0.2) is 5.69 Å². The van der Waals surface area contributed by atoms with E-state index in [0.29, 0.717) is 22.3 Å². The number of piperazine rings is 1. The number of amides is 1. The molecule has 1 unspecified atom stereocenters. The Hall–Kier alpha value is -1.56. The van der Waals surface area contributed by atoms with Gasteiger partial charge >= 0.3 is 0 Å². The lowest BCUT2D eigenvalue weighted by molar-refractivity contribution is 0.0648. The number of rotatable bonds is 2. The highest BCUT2D eigenvalue weighted by molar-refractivity contribution is 6.35. The number of hydrogen-bond donors (Lipinski definition) is 1. The summed E-state index contributed by atoms with van der Waals surface area (Å²) < 4.78 is 1.83. The molecule has 0 saturated carbocycles. The molecule has 2 aromatic rings. The van der Waals surface area contributed by atoms with E-state index in [9.17, 15) is 4.79 Å². The summed E-state index contributed by atoms with van der Waals surface area (Å²) in [5, 5.41) is 9.12. The van der Waals surface area contributed by atoms with Gasteiger partial charge in [-0.15, -0.1) is 0 Å². The monoisotopic (exact) mass is 378 g/mol. The Morgan fingerprint density at radius 1 is 1.32 bits per heavy atom. The first-order valence-electron chi connectivity index (χ1n) is 8.64. The predicted octanol–water partition coefficient (Wildman–Crippen LogP) is 3.10. The van der Waals surface area contributed by atoms with Crippen LogP contribution in [0.4, 0.5) is 0 Å². The number of benzene rings is 1. The molecule has 25 heavy (non-hydrogen) atoms. The second-order valence-electron chi connectivity index (χ2n) is 6.69. The summed E-state index contributed by atoms with van der Waals surface area (Å²) in [6, 6.07) is 5.54. The summed E-state index contributed by atoms with van der Waals surface area (Å²) in [5.41, 5.74) is 3.51. The van der Waals surface area contributed by atoms with Gasteiger partial charge in [0.1, 0.15) is 0 Å². The SMILES string of the molecule is CC1CNCCN1C(=O)c1nn(-c2ccc(Cl)cc2Cl)c2c1CCC2. The number of nitrogens with zero attached hydrogens (tertiary/aromatic N) is 3. The van der Waals surface area contributed by atoms with Crippen LogP contribution in [0.15, 0.2) is 18.2 Å². The molecule has 5 nitrogen and oxygen atoms in total. The summed E-state index contributed by atoms with van der Waals surface area (Å²) in [7, 11) is 0. The lowest BCUT2D eigenvalue weighted by Crippen LogP contribution is -2.52. The number of hydrogen-bond acceptors (Lipinski definition) is 3. The van der Waals surface area contributed by atoms with Gasteiger partial charge < -0.3 is 10.2 Å². The van der Waals surface area contributed by atoms with Gasteiger partial charge in [-0.1, -0.05) is 23.2 Å². The Kier molecular flexibility index (Phi) is 4.48. The summed E-state index contributed by atoms with van der Waals surface area (Å²) in [6.07, 6.45) is 2.84. The van der Waals surface area contributed by atoms with Crippen molar-refractivity contribution in [2.75, 3.05) is 19.6 Å². The summed E-state index contributed by atoms with van der Waals surface area (Å²) in [6.45, 7) is 4.42. The molecular formula is C18H20Cl2N4O. The van der Waals surface area contributed by atoms with Crippen LogP contribution in [0.5, 0.6) is 0 Å². The van der Waals surface area contributed by atoms with Crippen LogP contribution in [0.1, 0.15) is 35.1 Å². The average molecular weight is 379 g/mol. The molecule has 0 radical (unpaired) electrons. The highest BCUT2D eigenvalue weighted by Crippen LogP contribution is 2.32. The normalized spacial score (nSPS) is 20.0. The van der Waals surface area contributed by atoms with Gasteiger partial charge in [0.05, 0.1) is 10.7 Å². The number of carbonyl (C=O) groups is 1. The first-order valence-corrected chi connectivity index (χ1v) is 9.39. The number of carbonyl (C=O) groups excluding carboxylic acids is 1. The molecule has 1 aromatic carbocycles. The van der Waals surface area contributed by atoms with Crippen molar-refractivity contribution in [2.45, 2.75) is 32.2 Å². The van der Waals surface area contributed by atoms with Crippen molar-refractivity contribution in [3.63, 3.8) is 0 Å². The van der Waals surface area contributed by atoms with Gasteiger partial charge in [-0.25, -0.2) is 4.68 Å². The van der Waals surface area contributed by atoms with Crippen LogP contribution in [0.2, 0.25) is 10.0 Å². The molecule has 1 N–H and O–H groups in total. The van der Waals surface area contributed by atoms with Crippen LogP contribution < -0.4 is 5.32 Å². The molecule has 1 fully saturated rings. The van der Waals surface area contributed by atoms with E-state index in [1.54, 1.807) is 12.1 Å². The first kappa shape index (κ1) is 16.9. The van der Waals surface area contributed by atoms with E-state index in [1.165, 1.54) is 0 Å². The minimum atomic E-state index is 0.0241. The van der Waals surface area contributed by atoms with E-state index in [1.807, 2.05) is 15.6 Å². The van der Waals surface area contributed by atoms with Crippen molar-refractivity contribution >= 4 is 29.1 Å². The van der Waals surface area contributed by atoms with E-state index in [2.05, 4.69) is 17.3 Å². The summed E-state index contributed by atoms with van der Waals surface area (Å²) in [5.74, 6) is 0.0241. The fraction of sp³-hybridized carbons (Fsp3) is 0.444. The molecule has 132 valence electrons. The van der Waals surface area contributed by atoms with Gasteiger partial charge in [0, 0.05) is 42.0 Å². The van der Waals surface area contributed by atoms with Crippen LogP contribution >= 0.6 is 23.2 Å². The predicted molar refractivity (Wildman–Crippen MR) is 99.0 cm³/mol. The lowest BCUT2D eigenvalue weighted by atomic mass is 10.1. The van der Waals surface area contributed by atoms with Crippen molar-refractivity contribution in [2.24, 2.45) is 0 Å². The molecule has 4 rings (SSSR count). The molecule has 1 saturated heterocycles. The Balaban J connectivity index is 1.76. The molecule has 1 aliphatic heterocycles. The standard InChI is InChI=1S/C18H20Cl2N4O/c1-11-10-21-7-8-23(11)18(25)17-13-3-2-4-15(13)24(22-17)16-6-5-12(19)9-14(16)20/h5-6,9,11,21H,2-4,7-8,10H2,1H3. The van der Waals surface area contributed by atoms with Crippen LogP contribution in [0, 0.1) is 0 Å². The zero-order chi connectivity index (χ0) is 17.6. The van der Waals surface area contributed by atoms with Gasteiger partial charge in [-0.2, -0.15) is 5.10 Å². The Bertz CT molecular complexity index is 833.